The summed E-state index contributed by atoms with van der Waals surface area (Å²) >= 11 is 1.71. The minimum Gasteiger partial charge on any atom is -0.388 e. The minimum atomic E-state index is -0.131. The van der Waals surface area contributed by atoms with Crippen LogP contribution >= 0.6 is 11.8 Å². The molecule has 0 aliphatic carbocycles. The fraction of sp³-hybridized carbons (Fsp3) is 0.333. The van der Waals surface area contributed by atoms with Gasteiger partial charge in [-0.1, -0.05) is 18.2 Å². The van der Waals surface area contributed by atoms with E-state index in [2.05, 4.69) is 15.6 Å². The normalized spacial score (nSPS) is 12.2. The van der Waals surface area contributed by atoms with Crippen molar-refractivity contribution in [3.8, 4) is 0 Å². The third-order valence-corrected chi connectivity index (χ3v) is 3.85. The molecular weight excluding hydrogens is 270 g/mol. The smallest absolute Gasteiger partial charge is 0.270 e. The van der Waals surface area contributed by atoms with Crippen molar-refractivity contribution in [1.82, 2.24) is 10.3 Å². The lowest BCUT2D eigenvalue weighted by molar-refractivity contribution is 0.0939. The van der Waals surface area contributed by atoms with Gasteiger partial charge in [-0.2, -0.15) is 11.8 Å². The monoisotopic (exact) mass is 289 g/mol. The van der Waals surface area contributed by atoms with Gasteiger partial charge in [-0.05, 0) is 25.3 Å². The number of aromatic nitrogens is 1. The van der Waals surface area contributed by atoms with E-state index in [1.54, 1.807) is 17.8 Å². The Balaban J connectivity index is 2.32. The first-order chi connectivity index (χ1) is 9.65. The Hall–Kier alpha value is -1.75. The topological polar surface area (TPSA) is 54.0 Å². The number of anilines is 1. The van der Waals surface area contributed by atoms with Crippen LogP contribution in [-0.2, 0) is 0 Å². The highest BCUT2D eigenvalue weighted by Crippen LogP contribution is 2.22. The number of pyridine rings is 1. The molecule has 1 amide bonds. The molecule has 1 aromatic carbocycles. The Kier molecular flexibility index (Phi) is 4.84. The summed E-state index contributed by atoms with van der Waals surface area (Å²) < 4.78 is 0. The Bertz CT molecular complexity index is 615. The zero-order valence-corrected chi connectivity index (χ0v) is 12.8. The van der Waals surface area contributed by atoms with Gasteiger partial charge >= 0.3 is 0 Å². The summed E-state index contributed by atoms with van der Waals surface area (Å²) in [5, 5.41) is 7.10. The quantitative estimate of drug-likeness (QED) is 0.888. The van der Waals surface area contributed by atoms with E-state index < -0.39 is 0 Å². The van der Waals surface area contributed by atoms with E-state index in [0.717, 1.165) is 22.3 Å². The van der Waals surface area contributed by atoms with Crippen LogP contribution in [-0.4, -0.2) is 36.0 Å². The predicted octanol–water partition coefficient (Wildman–Crippen LogP) is 2.76. The lowest BCUT2D eigenvalue weighted by Crippen LogP contribution is -2.34. The highest BCUT2D eigenvalue weighted by atomic mass is 32.2. The van der Waals surface area contributed by atoms with Crippen LogP contribution in [0.1, 0.15) is 17.4 Å². The van der Waals surface area contributed by atoms with Crippen LogP contribution < -0.4 is 10.6 Å². The number of para-hydroxylation sites is 1. The number of carbonyl (C=O) groups is 1. The molecule has 2 rings (SSSR count). The molecule has 1 heterocycles. The lowest BCUT2D eigenvalue weighted by atomic mass is 10.1. The van der Waals surface area contributed by atoms with Gasteiger partial charge in [0.2, 0.25) is 0 Å². The van der Waals surface area contributed by atoms with Gasteiger partial charge in [0.1, 0.15) is 5.69 Å². The summed E-state index contributed by atoms with van der Waals surface area (Å²) in [7, 11) is 1.85. The number of nitrogens with one attached hydrogen (secondary N) is 2. The van der Waals surface area contributed by atoms with Crippen LogP contribution in [0, 0.1) is 0 Å². The van der Waals surface area contributed by atoms with Gasteiger partial charge in [0, 0.05) is 29.9 Å². The predicted molar refractivity (Wildman–Crippen MR) is 86.6 cm³/mol. The number of nitrogens with zero attached hydrogens (tertiary/aromatic N) is 1. The van der Waals surface area contributed by atoms with Gasteiger partial charge in [0.05, 0.1) is 5.52 Å². The Morgan fingerprint density at radius 3 is 2.85 bits per heavy atom. The Morgan fingerprint density at radius 2 is 2.15 bits per heavy atom. The van der Waals surface area contributed by atoms with Crippen molar-refractivity contribution in [2.24, 2.45) is 0 Å². The summed E-state index contributed by atoms with van der Waals surface area (Å²) in [6.45, 7) is 1.99. The van der Waals surface area contributed by atoms with Crippen molar-refractivity contribution >= 4 is 34.3 Å². The zero-order chi connectivity index (χ0) is 14.5. The molecule has 0 spiro atoms. The van der Waals surface area contributed by atoms with Crippen molar-refractivity contribution in [3.05, 3.63) is 36.0 Å². The van der Waals surface area contributed by atoms with E-state index in [1.807, 2.05) is 44.5 Å². The van der Waals surface area contributed by atoms with E-state index in [4.69, 9.17) is 0 Å². The maximum absolute atomic E-state index is 12.2. The number of thioether (sulfide) groups is 1. The lowest BCUT2D eigenvalue weighted by Gasteiger charge is -2.13. The number of benzene rings is 1. The average molecular weight is 289 g/mol. The molecule has 0 aliphatic heterocycles. The second kappa shape index (κ2) is 6.61. The maximum Gasteiger partial charge on any atom is 0.270 e. The molecule has 20 heavy (non-hydrogen) atoms. The Labute approximate surface area is 123 Å². The van der Waals surface area contributed by atoms with E-state index in [-0.39, 0.29) is 11.9 Å². The molecule has 4 nitrogen and oxygen atoms in total. The van der Waals surface area contributed by atoms with Gasteiger partial charge in [-0.25, -0.2) is 4.98 Å². The van der Waals surface area contributed by atoms with Gasteiger partial charge in [-0.15, -0.1) is 0 Å². The fourth-order valence-electron chi connectivity index (χ4n) is 2.09. The van der Waals surface area contributed by atoms with Crippen LogP contribution in [0.2, 0.25) is 0 Å². The molecule has 0 saturated heterocycles. The number of hydrogen-bond donors (Lipinski definition) is 2. The number of fused-ring (bicyclic) bond motifs is 1. The first kappa shape index (κ1) is 14.7. The third-order valence-electron chi connectivity index (χ3n) is 3.01. The SMILES string of the molecule is CNc1cc(C(=O)NC(C)CSC)nc2ccccc12. The largest absolute Gasteiger partial charge is 0.388 e. The standard InChI is InChI=1S/C15H19N3OS/c1-10(9-20-3)17-15(19)14-8-13(16-2)11-6-4-5-7-12(11)18-14/h4-8,10H,9H2,1-3H3,(H,16,18)(H,17,19). The summed E-state index contributed by atoms with van der Waals surface area (Å²) in [4.78, 5) is 16.7. The summed E-state index contributed by atoms with van der Waals surface area (Å²) in [5.74, 6) is 0.756. The highest BCUT2D eigenvalue weighted by molar-refractivity contribution is 7.98. The van der Waals surface area contributed by atoms with Crippen LogP contribution in [0.3, 0.4) is 0 Å². The first-order valence-electron chi connectivity index (χ1n) is 6.53. The van der Waals surface area contributed by atoms with E-state index in [0.29, 0.717) is 5.69 Å². The summed E-state index contributed by atoms with van der Waals surface area (Å²) in [6.07, 6.45) is 2.02. The van der Waals surface area contributed by atoms with Gasteiger partial charge in [0.25, 0.3) is 5.91 Å². The van der Waals surface area contributed by atoms with Crippen LogP contribution in [0.4, 0.5) is 5.69 Å². The molecule has 2 aromatic rings. The van der Waals surface area contributed by atoms with Crippen molar-refractivity contribution in [2.45, 2.75) is 13.0 Å². The van der Waals surface area contributed by atoms with E-state index in [1.165, 1.54) is 0 Å². The number of rotatable bonds is 5. The Morgan fingerprint density at radius 1 is 1.40 bits per heavy atom. The van der Waals surface area contributed by atoms with E-state index >= 15 is 0 Å². The molecule has 5 heteroatoms. The number of amides is 1. The van der Waals surface area contributed by atoms with Crippen molar-refractivity contribution < 1.29 is 4.79 Å². The summed E-state index contributed by atoms with van der Waals surface area (Å²) in [6, 6.07) is 9.72. The van der Waals surface area contributed by atoms with Crippen LogP contribution in [0.15, 0.2) is 30.3 Å². The van der Waals surface area contributed by atoms with E-state index in [9.17, 15) is 4.79 Å². The van der Waals surface area contributed by atoms with Crippen LogP contribution in [0.5, 0.6) is 0 Å². The molecule has 2 N–H and O–H groups in total. The molecule has 1 unspecified atom stereocenters. The third kappa shape index (κ3) is 3.22. The fourth-order valence-corrected chi connectivity index (χ4v) is 2.67. The minimum absolute atomic E-state index is 0.129. The van der Waals surface area contributed by atoms with Crippen molar-refractivity contribution in [3.63, 3.8) is 0 Å². The van der Waals surface area contributed by atoms with Crippen molar-refractivity contribution in [2.75, 3.05) is 24.4 Å². The first-order valence-corrected chi connectivity index (χ1v) is 7.92. The molecule has 1 aromatic heterocycles. The van der Waals surface area contributed by atoms with Crippen LogP contribution in [0.25, 0.3) is 10.9 Å². The van der Waals surface area contributed by atoms with Gasteiger partial charge in [-0.3, -0.25) is 4.79 Å². The molecule has 0 radical (unpaired) electrons. The summed E-state index contributed by atoms with van der Waals surface area (Å²) in [5.41, 5.74) is 2.18. The molecular formula is C15H19N3OS. The van der Waals surface area contributed by atoms with Gasteiger partial charge in [0.15, 0.2) is 0 Å². The highest BCUT2D eigenvalue weighted by Gasteiger charge is 2.13. The van der Waals surface area contributed by atoms with Gasteiger partial charge < -0.3 is 10.6 Å². The van der Waals surface area contributed by atoms with Crippen molar-refractivity contribution in [1.29, 1.82) is 0 Å². The number of carbonyl (C=O) groups excluding carboxylic acids is 1. The average Bonchev–Trinajstić information content (AvgIpc) is 2.46. The molecule has 1 atom stereocenters. The second-order valence-corrected chi connectivity index (χ2v) is 5.56. The zero-order valence-electron chi connectivity index (χ0n) is 11.9. The maximum atomic E-state index is 12.2. The molecule has 0 bridgehead atoms. The number of hydrogen-bond acceptors (Lipinski definition) is 4. The molecule has 0 saturated carbocycles. The molecule has 0 fully saturated rings. The molecule has 106 valence electrons. The second-order valence-electron chi connectivity index (χ2n) is 4.65. The molecule has 0 aliphatic rings.